The molecule has 0 bridgehead atoms. The zero-order valence-electron chi connectivity index (χ0n) is 14.2. The van der Waals surface area contributed by atoms with E-state index in [1.54, 1.807) is 23.9 Å². The molecule has 0 unspecified atom stereocenters. The Morgan fingerprint density at radius 2 is 2.04 bits per heavy atom. The molecule has 2 rings (SSSR count). The van der Waals surface area contributed by atoms with Crippen LogP contribution >= 0.6 is 0 Å². The third-order valence-corrected chi connectivity index (χ3v) is 3.36. The number of nitriles is 1. The smallest absolute Gasteiger partial charge is 0.349 e. The highest BCUT2D eigenvalue weighted by Crippen LogP contribution is 2.11. The lowest BCUT2D eigenvalue weighted by molar-refractivity contribution is -0.139. The predicted molar refractivity (Wildman–Crippen MR) is 95.4 cm³/mol. The SMILES string of the molecule is CN=Cc1ccc(OCCOC(=O)/C(C#N)=C/c2cccn2C)cc1. The van der Waals surface area contributed by atoms with Crippen molar-refractivity contribution < 1.29 is 14.3 Å². The molecule has 0 aliphatic heterocycles. The molecule has 25 heavy (non-hydrogen) atoms. The van der Waals surface area contributed by atoms with Crippen molar-refractivity contribution in [3.8, 4) is 11.8 Å². The molecule has 6 nitrogen and oxygen atoms in total. The van der Waals surface area contributed by atoms with Crippen LogP contribution in [0.5, 0.6) is 5.75 Å². The number of rotatable bonds is 7. The van der Waals surface area contributed by atoms with Gasteiger partial charge in [0.05, 0.1) is 0 Å². The highest BCUT2D eigenvalue weighted by molar-refractivity contribution is 5.97. The van der Waals surface area contributed by atoms with E-state index in [2.05, 4.69) is 4.99 Å². The largest absolute Gasteiger partial charge is 0.490 e. The van der Waals surface area contributed by atoms with Gasteiger partial charge in [0.2, 0.25) is 0 Å². The van der Waals surface area contributed by atoms with Crippen molar-refractivity contribution in [2.24, 2.45) is 12.0 Å². The Morgan fingerprint density at radius 1 is 1.28 bits per heavy atom. The number of hydrogen-bond donors (Lipinski definition) is 0. The van der Waals surface area contributed by atoms with E-state index in [1.165, 1.54) is 6.08 Å². The van der Waals surface area contributed by atoms with E-state index in [-0.39, 0.29) is 18.8 Å². The summed E-state index contributed by atoms with van der Waals surface area (Å²) in [5.74, 6) is 0.00552. The van der Waals surface area contributed by atoms with Gasteiger partial charge in [0.15, 0.2) is 0 Å². The molecule has 0 amide bonds. The van der Waals surface area contributed by atoms with Gasteiger partial charge in [-0.05, 0) is 48.0 Å². The van der Waals surface area contributed by atoms with Gasteiger partial charge in [-0.1, -0.05) is 0 Å². The van der Waals surface area contributed by atoms with Gasteiger partial charge in [-0.3, -0.25) is 4.99 Å². The van der Waals surface area contributed by atoms with Gasteiger partial charge in [0.25, 0.3) is 0 Å². The Kier molecular flexibility index (Phi) is 6.55. The Hall–Kier alpha value is -3.33. The molecule has 1 aromatic heterocycles. The van der Waals surface area contributed by atoms with E-state index >= 15 is 0 Å². The van der Waals surface area contributed by atoms with Crippen LogP contribution in [0.25, 0.3) is 6.08 Å². The van der Waals surface area contributed by atoms with Gasteiger partial charge in [0.1, 0.15) is 30.6 Å². The number of aromatic nitrogens is 1. The van der Waals surface area contributed by atoms with Gasteiger partial charge >= 0.3 is 5.97 Å². The normalized spacial score (nSPS) is 11.3. The topological polar surface area (TPSA) is 76.6 Å². The molecule has 0 aliphatic carbocycles. The molecule has 128 valence electrons. The molecule has 0 radical (unpaired) electrons. The summed E-state index contributed by atoms with van der Waals surface area (Å²) in [6, 6.07) is 12.9. The molecule has 2 aromatic rings. The molecule has 0 saturated heterocycles. The van der Waals surface area contributed by atoms with E-state index in [0.29, 0.717) is 5.75 Å². The lowest BCUT2D eigenvalue weighted by atomic mass is 10.2. The van der Waals surface area contributed by atoms with Crippen molar-refractivity contribution in [1.82, 2.24) is 4.57 Å². The van der Waals surface area contributed by atoms with Gasteiger partial charge in [0, 0.05) is 32.2 Å². The van der Waals surface area contributed by atoms with Crippen molar-refractivity contribution >= 4 is 18.3 Å². The maximum absolute atomic E-state index is 11.9. The third-order valence-electron chi connectivity index (χ3n) is 3.36. The molecule has 0 atom stereocenters. The summed E-state index contributed by atoms with van der Waals surface area (Å²) < 4.78 is 12.4. The van der Waals surface area contributed by atoms with Crippen LogP contribution in [0.2, 0.25) is 0 Å². The van der Waals surface area contributed by atoms with E-state index < -0.39 is 5.97 Å². The monoisotopic (exact) mass is 337 g/mol. The van der Waals surface area contributed by atoms with Gasteiger partial charge in [-0.2, -0.15) is 5.26 Å². The molecular formula is C19H19N3O3. The fourth-order valence-corrected chi connectivity index (χ4v) is 2.08. The number of aryl methyl sites for hydroxylation is 1. The zero-order valence-corrected chi connectivity index (χ0v) is 14.2. The quantitative estimate of drug-likeness (QED) is 0.256. The third kappa shape index (κ3) is 5.36. The molecule has 0 N–H and O–H groups in total. The second-order valence-electron chi connectivity index (χ2n) is 5.15. The minimum Gasteiger partial charge on any atom is -0.490 e. The molecule has 0 spiro atoms. The fraction of sp³-hybridized carbons (Fsp3) is 0.211. The van der Waals surface area contributed by atoms with Crippen LogP contribution in [0, 0.1) is 11.3 Å². The number of ether oxygens (including phenoxy) is 2. The number of hydrogen-bond acceptors (Lipinski definition) is 5. The van der Waals surface area contributed by atoms with Crippen molar-refractivity contribution in [1.29, 1.82) is 5.26 Å². The zero-order chi connectivity index (χ0) is 18.1. The average molecular weight is 337 g/mol. The molecule has 1 heterocycles. The van der Waals surface area contributed by atoms with E-state index in [9.17, 15) is 4.79 Å². The first kappa shape index (κ1) is 18.0. The molecule has 6 heteroatoms. The predicted octanol–water partition coefficient (Wildman–Crippen LogP) is 2.60. The number of aliphatic imine (C=N–C) groups is 1. The van der Waals surface area contributed by atoms with Crippen molar-refractivity contribution in [2.45, 2.75) is 0 Å². The number of benzene rings is 1. The lowest BCUT2D eigenvalue weighted by Gasteiger charge is -2.07. The number of esters is 1. The summed E-state index contributed by atoms with van der Waals surface area (Å²) in [4.78, 5) is 15.9. The Bertz CT molecular complexity index is 811. The van der Waals surface area contributed by atoms with Crippen LogP contribution < -0.4 is 4.74 Å². The molecular weight excluding hydrogens is 318 g/mol. The minimum atomic E-state index is -0.665. The molecule has 0 saturated carbocycles. The van der Waals surface area contributed by atoms with Gasteiger partial charge < -0.3 is 14.0 Å². The van der Waals surface area contributed by atoms with E-state index in [1.807, 2.05) is 49.6 Å². The Balaban J connectivity index is 1.82. The van der Waals surface area contributed by atoms with Crippen LogP contribution in [0.15, 0.2) is 53.2 Å². The summed E-state index contributed by atoms with van der Waals surface area (Å²) >= 11 is 0. The first-order valence-electron chi connectivity index (χ1n) is 7.69. The maximum atomic E-state index is 11.9. The minimum absolute atomic E-state index is 0.0509. The summed E-state index contributed by atoms with van der Waals surface area (Å²) in [6.07, 6.45) is 5.07. The fourth-order valence-electron chi connectivity index (χ4n) is 2.08. The van der Waals surface area contributed by atoms with Gasteiger partial charge in [-0.15, -0.1) is 0 Å². The van der Waals surface area contributed by atoms with Crippen LogP contribution in [0.1, 0.15) is 11.3 Å². The molecule has 0 fully saturated rings. The summed E-state index contributed by atoms with van der Waals surface area (Å²) in [6.45, 7) is 0.263. The lowest BCUT2D eigenvalue weighted by Crippen LogP contribution is -2.13. The number of carbonyl (C=O) groups is 1. The maximum Gasteiger partial charge on any atom is 0.349 e. The second kappa shape index (κ2) is 9.08. The summed E-state index contributed by atoms with van der Waals surface area (Å²) in [7, 11) is 3.54. The molecule has 1 aromatic carbocycles. The number of carbonyl (C=O) groups excluding carboxylic acids is 1. The van der Waals surface area contributed by atoms with Crippen molar-refractivity contribution in [3.05, 3.63) is 59.4 Å². The Labute approximate surface area is 146 Å². The van der Waals surface area contributed by atoms with Crippen molar-refractivity contribution in [2.75, 3.05) is 20.3 Å². The highest BCUT2D eigenvalue weighted by atomic mass is 16.6. The second-order valence-corrected chi connectivity index (χ2v) is 5.15. The first-order valence-corrected chi connectivity index (χ1v) is 7.69. The van der Waals surface area contributed by atoms with Gasteiger partial charge in [-0.25, -0.2) is 4.79 Å². The van der Waals surface area contributed by atoms with Crippen LogP contribution in [-0.4, -0.2) is 37.0 Å². The Morgan fingerprint density at radius 3 is 2.64 bits per heavy atom. The van der Waals surface area contributed by atoms with Crippen LogP contribution in [0.3, 0.4) is 0 Å². The first-order chi connectivity index (χ1) is 12.1. The summed E-state index contributed by atoms with van der Waals surface area (Å²) in [5, 5.41) is 9.12. The highest BCUT2D eigenvalue weighted by Gasteiger charge is 2.11. The standard InChI is InChI=1S/C19H19N3O3/c1-21-14-15-5-7-18(8-6-15)24-10-11-25-19(23)16(13-20)12-17-4-3-9-22(17)2/h3-9,12,14H,10-11H2,1-2H3/b16-12+,21-14?. The average Bonchev–Trinajstić information content (AvgIpc) is 3.02. The molecule has 0 aliphatic rings. The van der Waals surface area contributed by atoms with E-state index in [0.717, 1.165) is 11.3 Å². The van der Waals surface area contributed by atoms with E-state index in [4.69, 9.17) is 14.7 Å². The van der Waals surface area contributed by atoms with Crippen molar-refractivity contribution in [3.63, 3.8) is 0 Å². The van der Waals surface area contributed by atoms with Crippen LogP contribution in [-0.2, 0) is 16.6 Å². The van der Waals surface area contributed by atoms with Crippen LogP contribution in [0.4, 0.5) is 0 Å². The summed E-state index contributed by atoms with van der Waals surface area (Å²) in [5.41, 5.74) is 1.68. The number of nitrogens with zero attached hydrogens (tertiary/aromatic N) is 3.